The lowest BCUT2D eigenvalue weighted by Gasteiger charge is -2.16. The summed E-state index contributed by atoms with van der Waals surface area (Å²) >= 11 is 5.97. The van der Waals surface area contributed by atoms with Crippen molar-refractivity contribution in [3.63, 3.8) is 0 Å². The lowest BCUT2D eigenvalue weighted by Crippen LogP contribution is -2.15. The molecule has 0 aromatic heterocycles. The van der Waals surface area contributed by atoms with E-state index in [4.69, 9.17) is 21.2 Å². The third-order valence-electron chi connectivity index (χ3n) is 3.81. The molecule has 5 nitrogen and oxygen atoms in total. The zero-order valence-corrected chi connectivity index (χ0v) is 13.4. The van der Waals surface area contributed by atoms with E-state index in [2.05, 4.69) is 5.48 Å². The van der Waals surface area contributed by atoms with E-state index in [-0.39, 0.29) is 16.5 Å². The van der Waals surface area contributed by atoms with Crippen LogP contribution in [0.25, 0.3) is 5.57 Å². The number of allylic oxidation sites excluding steroid dienone is 1. The van der Waals surface area contributed by atoms with Gasteiger partial charge in [-0.05, 0) is 30.7 Å². The molecule has 0 radical (unpaired) electrons. The van der Waals surface area contributed by atoms with Crippen molar-refractivity contribution < 1.29 is 19.8 Å². The molecule has 0 aliphatic carbocycles. The molecular formula is C17H16ClNO4. The van der Waals surface area contributed by atoms with Gasteiger partial charge in [0.25, 0.3) is 0 Å². The van der Waals surface area contributed by atoms with Gasteiger partial charge in [0.1, 0.15) is 29.0 Å². The second kappa shape index (κ2) is 6.02. The van der Waals surface area contributed by atoms with Gasteiger partial charge in [-0.25, -0.2) is 0 Å². The van der Waals surface area contributed by atoms with Crippen LogP contribution in [0.15, 0.2) is 42.2 Å². The minimum Gasteiger partial charge on any atom is -0.507 e. The van der Waals surface area contributed by atoms with Gasteiger partial charge in [-0.2, -0.15) is 0 Å². The summed E-state index contributed by atoms with van der Waals surface area (Å²) in [5.41, 5.74) is 5.22. The van der Waals surface area contributed by atoms with E-state index in [1.165, 1.54) is 12.1 Å². The molecule has 2 aromatic rings. The van der Waals surface area contributed by atoms with Gasteiger partial charge in [-0.1, -0.05) is 23.7 Å². The van der Waals surface area contributed by atoms with Crippen molar-refractivity contribution in [3.05, 3.63) is 58.3 Å². The molecule has 0 spiro atoms. The normalized spacial score (nSPS) is 17.3. The first-order valence-corrected chi connectivity index (χ1v) is 7.38. The zero-order valence-electron chi connectivity index (χ0n) is 12.6. The summed E-state index contributed by atoms with van der Waals surface area (Å²) in [6.07, 6.45) is 0. The molecular weight excluding hydrogens is 318 g/mol. The number of hydroxylamine groups is 1. The van der Waals surface area contributed by atoms with Crippen LogP contribution in [0.5, 0.6) is 17.2 Å². The van der Waals surface area contributed by atoms with Gasteiger partial charge >= 0.3 is 0 Å². The lowest BCUT2D eigenvalue weighted by molar-refractivity contribution is 0.117. The van der Waals surface area contributed by atoms with Crippen LogP contribution in [0.2, 0.25) is 5.02 Å². The molecule has 0 saturated carbocycles. The number of benzene rings is 2. The summed E-state index contributed by atoms with van der Waals surface area (Å²) < 4.78 is 5.17. The molecule has 0 bridgehead atoms. The smallest absolute Gasteiger partial charge is 0.137 e. The summed E-state index contributed by atoms with van der Waals surface area (Å²) in [4.78, 5) is 5.45. The second-order valence-electron chi connectivity index (χ2n) is 5.21. The summed E-state index contributed by atoms with van der Waals surface area (Å²) in [5.74, 6) is 1.22. The van der Waals surface area contributed by atoms with Crippen molar-refractivity contribution in [2.24, 2.45) is 0 Å². The van der Waals surface area contributed by atoms with Gasteiger partial charge in [0.2, 0.25) is 0 Å². The third-order valence-corrected chi connectivity index (χ3v) is 4.11. The summed E-state index contributed by atoms with van der Waals surface area (Å²) in [7, 11) is 1.61. The van der Waals surface area contributed by atoms with Crippen LogP contribution in [0.3, 0.4) is 0 Å². The number of nitrogens with one attached hydrogen (secondary N) is 1. The van der Waals surface area contributed by atoms with Crippen LogP contribution >= 0.6 is 11.6 Å². The summed E-state index contributed by atoms with van der Waals surface area (Å²) in [6, 6.07) is 9.89. The van der Waals surface area contributed by atoms with Crippen molar-refractivity contribution in [2.75, 3.05) is 7.11 Å². The number of ether oxygens (including phenoxy) is 1. The Morgan fingerprint density at radius 2 is 1.83 bits per heavy atom. The van der Waals surface area contributed by atoms with Crippen LogP contribution in [-0.2, 0) is 4.84 Å². The molecule has 0 saturated heterocycles. The minimum absolute atomic E-state index is 0.0614. The predicted octanol–water partition coefficient (Wildman–Crippen LogP) is 3.77. The number of rotatable bonds is 3. The van der Waals surface area contributed by atoms with Crippen molar-refractivity contribution in [3.8, 4) is 17.2 Å². The van der Waals surface area contributed by atoms with Gasteiger partial charge in [-0.15, -0.1) is 5.48 Å². The summed E-state index contributed by atoms with van der Waals surface area (Å²) in [5, 5.41) is 19.9. The van der Waals surface area contributed by atoms with Crippen LogP contribution in [0, 0.1) is 0 Å². The van der Waals surface area contributed by atoms with Gasteiger partial charge in [0.15, 0.2) is 0 Å². The Balaban J connectivity index is 2.04. The topological polar surface area (TPSA) is 71.0 Å². The molecule has 0 fully saturated rings. The van der Waals surface area contributed by atoms with Gasteiger partial charge < -0.3 is 19.8 Å². The first-order chi connectivity index (χ1) is 11.0. The Morgan fingerprint density at radius 1 is 1.13 bits per heavy atom. The van der Waals surface area contributed by atoms with Crippen molar-refractivity contribution >= 4 is 17.2 Å². The van der Waals surface area contributed by atoms with Crippen molar-refractivity contribution in [1.29, 1.82) is 0 Å². The molecule has 3 N–H and O–H groups in total. The Labute approximate surface area is 138 Å². The molecule has 6 heteroatoms. The second-order valence-corrected chi connectivity index (χ2v) is 5.62. The fourth-order valence-electron chi connectivity index (χ4n) is 2.62. The maximum atomic E-state index is 10.2. The number of halogens is 1. The summed E-state index contributed by atoms with van der Waals surface area (Å²) in [6.45, 7) is 1.84. The van der Waals surface area contributed by atoms with E-state index in [0.29, 0.717) is 11.3 Å². The van der Waals surface area contributed by atoms with Gasteiger partial charge in [0, 0.05) is 17.2 Å². The molecule has 1 aliphatic heterocycles. The van der Waals surface area contributed by atoms with Crippen LogP contribution in [-0.4, -0.2) is 17.3 Å². The monoisotopic (exact) mass is 333 g/mol. The molecule has 1 unspecified atom stereocenters. The number of aromatic hydroxyl groups is 2. The number of hydrogen-bond acceptors (Lipinski definition) is 5. The third kappa shape index (κ3) is 2.81. The minimum atomic E-state index is -0.401. The average Bonchev–Trinajstić information content (AvgIpc) is 2.92. The number of methoxy groups -OCH3 is 1. The zero-order chi connectivity index (χ0) is 16.6. The van der Waals surface area contributed by atoms with Crippen LogP contribution in [0.4, 0.5) is 0 Å². The Morgan fingerprint density at radius 3 is 2.48 bits per heavy atom. The Hall–Kier alpha value is -2.37. The fourth-order valence-corrected chi connectivity index (χ4v) is 2.79. The first kappa shape index (κ1) is 15.5. The molecule has 3 rings (SSSR count). The lowest BCUT2D eigenvalue weighted by atomic mass is 9.92. The maximum Gasteiger partial charge on any atom is 0.137 e. The molecule has 1 atom stereocenters. The Bertz CT molecular complexity index is 771. The number of phenols is 2. The molecule has 2 aromatic carbocycles. The largest absolute Gasteiger partial charge is 0.507 e. The number of phenolic OH excluding ortho intramolecular Hbond substituents is 2. The van der Waals surface area contributed by atoms with Crippen LogP contribution in [0.1, 0.15) is 24.1 Å². The average molecular weight is 334 g/mol. The van der Waals surface area contributed by atoms with Crippen molar-refractivity contribution in [1.82, 2.24) is 5.48 Å². The quantitative estimate of drug-likeness (QED) is 0.797. The maximum absolute atomic E-state index is 10.2. The number of hydrogen-bond donors (Lipinski definition) is 3. The molecule has 1 heterocycles. The van der Waals surface area contributed by atoms with E-state index in [9.17, 15) is 10.2 Å². The first-order valence-electron chi connectivity index (χ1n) is 7.00. The molecule has 120 valence electrons. The predicted molar refractivity (Wildman–Crippen MR) is 87.3 cm³/mol. The van der Waals surface area contributed by atoms with Crippen molar-refractivity contribution in [2.45, 2.75) is 13.0 Å². The van der Waals surface area contributed by atoms with Gasteiger partial charge in [-0.3, -0.25) is 0 Å². The highest BCUT2D eigenvalue weighted by atomic mass is 35.5. The standard InChI is InChI=1S/C17H16ClNO4/c1-9-16(10-3-5-11(22-2)6-4-10)17(19-23-9)12-7-13(18)15(21)8-14(12)20/h3-8,17,19-21H,1-2H3. The fraction of sp³-hybridized carbons (Fsp3) is 0.176. The molecule has 0 amide bonds. The van der Waals surface area contributed by atoms with Gasteiger partial charge in [0.05, 0.1) is 12.1 Å². The Kier molecular flexibility index (Phi) is 4.07. The van der Waals surface area contributed by atoms with Crippen LogP contribution < -0.4 is 10.2 Å². The SMILES string of the molecule is COc1ccc(C2=C(C)ONC2c2cc(Cl)c(O)cc2O)cc1. The highest BCUT2D eigenvalue weighted by Gasteiger charge is 2.30. The highest BCUT2D eigenvalue weighted by molar-refractivity contribution is 6.32. The molecule has 1 aliphatic rings. The van der Waals surface area contributed by atoms with E-state index < -0.39 is 6.04 Å². The van der Waals surface area contributed by atoms with E-state index >= 15 is 0 Å². The molecule has 23 heavy (non-hydrogen) atoms. The van der Waals surface area contributed by atoms with E-state index in [1.807, 2.05) is 31.2 Å². The van der Waals surface area contributed by atoms with E-state index in [1.54, 1.807) is 7.11 Å². The highest BCUT2D eigenvalue weighted by Crippen LogP contribution is 2.43. The van der Waals surface area contributed by atoms with E-state index in [0.717, 1.165) is 16.9 Å².